The van der Waals surface area contributed by atoms with Gasteiger partial charge in [0.15, 0.2) is 0 Å². The molecule has 123 heavy (non-hydrogen) atoms. The Balaban J connectivity index is 0. The Labute approximate surface area is 729 Å². The van der Waals surface area contributed by atoms with Gasteiger partial charge >= 0.3 is 0 Å². The Kier molecular flexibility index (Phi) is 75.3. The summed E-state index contributed by atoms with van der Waals surface area (Å²) in [6.07, 6.45) is 8.21. The molecule has 1 heterocycles. The molecule has 0 atom stereocenters. The minimum absolute atomic E-state index is 0.0255. The molecule has 0 bridgehead atoms. The van der Waals surface area contributed by atoms with E-state index in [1.807, 2.05) is 0 Å². The van der Waals surface area contributed by atoms with Crippen molar-refractivity contribution >= 4 is 36.0 Å². The number of imide groups is 1. The van der Waals surface area contributed by atoms with Crippen LogP contribution in [0.4, 0.5) is 0 Å². The van der Waals surface area contributed by atoms with Crippen molar-refractivity contribution in [1.82, 2.24) is 4.90 Å². The number of nitrogens with zero attached hydrogens (tertiary/aromatic N) is 1. The van der Waals surface area contributed by atoms with E-state index >= 15 is 0 Å². The van der Waals surface area contributed by atoms with Crippen LogP contribution in [0, 0.1) is 616 Å². The molecule has 0 spiro atoms. The van der Waals surface area contributed by atoms with E-state index in [-0.39, 0.29) is 36.3 Å². The first kappa shape index (κ1) is 101. The third kappa shape index (κ3) is 91.8. The van der Waals surface area contributed by atoms with Crippen molar-refractivity contribution in [2.24, 2.45) is 0 Å². The molecule has 0 saturated heterocycles. The zero-order valence-corrected chi connectivity index (χ0v) is 64.5. The predicted molar refractivity (Wildman–Crippen MR) is 481 cm³/mol. The number of hydrogen-bond donors (Lipinski definition) is 1. The summed E-state index contributed by atoms with van der Waals surface area (Å²) in [6.45, 7) is 4.87. The van der Waals surface area contributed by atoms with E-state index in [0.29, 0.717) is 12.2 Å². The Morgan fingerprint density at radius 3 is 0.398 bits per heavy atom. The van der Waals surface area contributed by atoms with Crippen LogP contribution in [-0.2, 0) is 19.2 Å². The van der Waals surface area contributed by atoms with Gasteiger partial charge in [-0.15, -0.1) is 6.42 Å². The van der Waals surface area contributed by atoms with Crippen LogP contribution in [0.25, 0.3) is 0 Å². The highest BCUT2D eigenvalue weighted by Gasteiger charge is 2.22. The Morgan fingerprint density at radius 1 is 0.211 bits per heavy atom. The lowest BCUT2D eigenvalue weighted by Crippen LogP contribution is -2.31. The summed E-state index contributed by atoms with van der Waals surface area (Å²) in [6, 6.07) is 0. The van der Waals surface area contributed by atoms with E-state index in [1.165, 1.54) is 19.1 Å². The van der Waals surface area contributed by atoms with Crippen LogP contribution in [0.15, 0.2) is 12.2 Å². The van der Waals surface area contributed by atoms with Crippen LogP contribution >= 0.6 is 12.6 Å². The summed E-state index contributed by atoms with van der Waals surface area (Å²) in [4.78, 5) is 43.4. The molecule has 0 radical (unpaired) electrons. The van der Waals surface area contributed by atoms with Gasteiger partial charge in [-0.3, -0.25) is 24.1 Å². The van der Waals surface area contributed by atoms with E-state index in [1.54, 1.807) is 13.8 Å². The van der Waals surface area contributed by atoms with Crippen LogP contribution in [0.2, 0.25) is 0 Å². The van der Waals surface area contributed by atoms with Crippen molar-refractivity contribution in [3.05, 3.63) is 12.2 Å². The monoisotopic (exact) mass is 1540 g/mol. The fourth-order valence-electron chi connectivity index (χ4n) is 4.27. The Hall–Kier alpha value is -24.3. The van der Waals surface area contributed by atoms with Crippen molar-refractivity contribution in [2.45, 2.75) is 33.6 Å². The molecule has 5 nitrogen and oxygen atoms in total. The van der Waals surface area contributed by atoms with Crippen LogP contribution in [0.3, 0.4) is 0 Å². The smallest absolute Gasteiger partial charge is 0.253 e. The zero-order valence-electron chi connectivity index (χ0n) is 63.6. The number of carbonyl (C=O) groups excluding carboxylic acids is 4. The second-order valence-electron chi connectivity index (χ2n) is 16.8. The van der Waals surface area contributed by atoms with Gasteiger partial charge in [-0.1, -0.05) is 5.92 Å². The highest BCUT2D eigenvalue weighted by Crippen LogP contribution is 2.04. The van der Waals surface area contributed by atoms with Gasteiger partial charge in [-0.2, -0.15) is 12.6 Å². The molecule has 0 aromatic carbocycles. The van der Waals surface area contributed by atoms with Gasteiger partial charge in [0.1, 0.15) is 11.6 Å². The molecule has 1 rings (SSSR count). The molecule has 0 N–H and O–H groups in total. The number of Topliss-reactive ketones (excluding diaryl/α,β-unsaturated/α-hetero) is 2. The topological polar surface area (TPSA) is 71.5 Å². The minimum atomic E-state index is -0.332. The van der Waals surface area contributed by atoms with Gasteiger partial charge in [0.25, 0.3) is 11.8 Å². The lowest BCUT2D eigenvalue weighted by Gasteiger charge is -2.11. The average molecular weight is 1540 g/mol. The van der Waals surface area contributed by atoms with E-state index in [9.17, 15) is 19.2 Å². The summed E-state index contributed by atoms with van der Waals surface area (Å²) in [7, 11) is 0. The number of hydrogen-bond acceptors (Lipinski definition) is 5. The lowest BCUT2D eigenvalue weighted by molar-refractivity contribution is -0.137. The third-order valence-corrected chi connectivity index (χ3v) is 8.72. The molecule has 524 valence electrons. The van der Waals surface area contributed by atoms with E-state index in [0.717, 1.165) is 4.90 Å². The molecule has 6 heteroatoms. The Bertz CT molecular complexity index is 8200. The largest absolute Gasteiger partial charge is 0.300 e. The highest BCUT2D eigenvalue weighted by atomic mass is 32.1. The molecule has 1 aliphatic rings. The van der Waals surface area contributed by atoms with Crippen LogP contribution < -0.4 is 0 Å². The van der Waals surface area contributed by atoms with E-state index in [2.05, 4.69) is 622 Å². The number of terminal acetylenes is 1. The number of thiol groups is 1. The first-order valence-electron chi connectivity index (χ1n) is 31.8. The summed E-state index contributed by atoms with van der Waals surface area (Å²) in [5.41, 5.74) is 0. The second-order valence-corrected chi connectivity index (χ2v) is 17.3. The summed E-state index contributed by atoms with van der Waals surface area (Å²) in [5, 5.41) is 0. The van der Waals surface area contributed by atoms with E-state index < -0.39 is 0 Å². The van der Waals surface area contributed by atoms with Crippen molar-refractivity contribution in [3.63, 3.8) is 0 Å². The average Bonchev–Trinajstić information content (AvgIpc) is 1.74. The number of rotatable bonds is 5. The molecule has 0 unspecified atom stereocenters. The van der Waals surface area contributed by atoms with Crippen molar-refractivity contribution < 1.29 is 19.2 Å². The molecular weight excluding hydrogens is 1520 g/mol. The van der Waals surface area contributed by atoms with Crippen LogP contribution in [0.1, 0.15) is 33.6 Å². The Morgan fingerprint density at radius 2 is 0.317 bits per heavy atom. The van der Waals surface area contributed by atoms with Gasteiger partial charge in [0.2, 0.25) is 0 Å². The SMILES string of the molecule is C#CC#CC#CC#CC#CC#CC#CC#CC#CC#CC#CC#CC#CC#CC#CC#CC#CC#CC#CC#CC#CC#CC#CC#CC#CC#CC#CC#CC#CC#CC#CC#CC#CC#CC#CC#CC#CC#CC#CC#CC#CC#CC#CC#CC#CC#CC#CC#CC#CC#CC#CC#CC.CC(=O)CCN1C(=O)C=CC1=O.CC(=O)CCS. The van der Waals surface area contributed by atoms with E-state index in [4.69, 9.17) is 6.42 Å². The normalized spacial score (nSPS) is 5.34. The zero-order chi connectivity index (χ0) is 89.0. The lowest BCUT2D eigenvalue weighted by atomic mass is 10.3. The molecule has 1 aliphatic heterocycles. The van der Waals surface area contributed by atoms with Gasteiger partial charge in [-0.25, -0.2) is 0 Å². The van der Waals surface area contributed by atoms with Gasteiger partial charge in [0, 0.05) is 541 Å². The molecular formula is C117H21NO4S. The number of amides is 2. The van der Waals surface area contributed by atoms with Crippen LogP contribution in [0.5, 0.6) is 0 Å². The maximum atomic E-state index is 10.9. The molecule has 2 amide bonds. The van der Waals surface area contributed by atoms with Crippen molar-refractivity contribution in [2.75, 3.05) is 12.3 Å². The van der Waals surface area contributed by atoms with Gasteiger partial charge in [0.05, 0.1) is 0 Å². The second kappa shape index (κ2) is 91.9. The quantitative estimate of drug-likeness (QED) is 0.259. The number of carbonyl (C=O) groups is 4. The first-order valence-corrected chi connectivity index (χ1v) is 32.4. The minimum Gasteiger partial charge on any atom is -0.300 e. The third-order valence-electron chi connectivity index (χ3n) is 8.50. The van der Waals surface area contributed by atoms with Crippen molar-refractivity contribution in [3.8, 4) is 616 Å². The highest BCUT2D eigenvalue weighted by molar-refractivity contribution is 7.80. The summed E-state index contributed by atoms with van der Waals surface area (Å²) < 4.78 is 0. The standard InChI is InChI=1S/C105H4.C8H9NO3.C4H8OS/c1-3-5-7-9-11-13-15-17-19-21-23-25-27-29-31-33-35-37-39-41-43-45-47-49-51-53-55-57-59-61-63-65-67-69-71-73-75-77-79-81-83-85-87-89-91-93-95-97-99-101-103-105-104-102-100-98-96-94-92-90-88-86-84-82-80-78-76-74-72-70-68-66-64-62-60-58-56-54-52-50-48-46-44-42-40-38-36-34-32-30-28-26-24-22-20-18-16-14-12-10-8-6-4-2;1-6(10)4-5-9-7(11)2-3-8(9)12;1-4(5)2-3-6/h1H,2H3;2-3H,4-5H2,1H3;6H,2-3H2,1H3. The maximum Gasteiger partial charge on any atom is 0.253 e. The fraction of sp³-hybridized carbons (Fsp3) is 0.0598. The molecule has 0 saturated carbocycles. The maximum absolute atomic E-state index is 10.9. The van der Waals surface area contributed by atoms with Crippen LogP contribution in [-0.4, -0.2) is 40.6 Å². The molecule has 0 aromatic rings. The van der Waals surface area contributed by atoms with Gasteiger partial charge in [-0.05, 0) is 121 Å². The molecule has 0 aromatic heterocycles. The predicted octanol–water partition coefficient (Wildman–Crippen LogP) is 1.60. The van der Waals surface area contributed by atoms with Crippen molar-refractivity contribution in [1.29, 1.82) is 0 Å². The molecule has 0 aliphatic carbocycles. The summed E-state index contributed by atoms with van der Waals surface area (Å²) in [5.74, 6) is 257. The first-order chi connectivity index (χ1) is 60.8. The number of ketones is 2. The fourth-order valence-corrected chi connectivity index (χ4v) is 4.59. The van der Waals surface area contributed by atoms with Gasteiger partial charge < -0.3 is 0 Å². The summed E-state index contributed by atoms with van der Waals surface area (Å²) >= 11 is 3.84. The molecule has 0 fully saturated rings.